The van der Waals surface area contributed by atoms with Crippen molar-refractivity contribution in [3.05, 3.63) is 88.3 Å². The van der Waals surface area contributed by atoms with E-state index < -0.39 is 0 Å². The third kappa shape index (κ3) is 3.77. The molecule has 0 aliphatic rings. The molecule has 0 unspecified atom stereocenters. The van der Waals surface area contributed by atoms with Crippen molar-refractivity contribution in [1.82, 2.24) is 9.78 Å². The minimum atomic E-state index is -0.207. The zero-order valence-corrected chi connectivity index (χ0v) is 13.9. The Morgan fingerprint density at radius 1 is 1.12 bits per heavy atom. The largest absolute Gasteiger partial charge is 0.313 e. The maximum absolute atomic E-state index is 12.4. The molecule has 25 heavy (non-hydrogen) atoms. The van der Waals surface area contributed by atoms with Crippen LogP contribution in [0.5, 0.6) is 0 Å². The molecule has 0 atom stereocenters. The average molecular weight is 330 g/mol. The molecule has 0 aliphatic heterocycles. The van der Waals surface area contributed by atoms with Gasteiger partial charge in [-0.25, -0.2) is 4.68 Å². The lowest BCUT2D eigenvalue weighted by Gasteiger charge is -2.10. The highest BCUT2D eigenvalue weighted by molar-refractivity contribution is 6.06. The van der Waals surface area contributed by atoms with E-state index in [1.807, 2.05) is 61.5 Å². The van der Waals surface area contributed by atoms with Gasteiger partial charge in [0.05, 0.1) is 17.1 Å². The molecule has 0 bridgehead atoms. The third-order valence-electron chi connectivity index (χ3n) is 3.76. The highest BCUT2D eigenvalue weighted by atomic mass is 16.1. The quantitative estimate of drug-likeness (QED) is 0.725. The predicted molar refractivity (Wildman–Crippen MR) is 101 cm³/mol. The van der Waals surface area contributed by atoms with Crippen LogP contribution in [0.2, 0.25) is 0 Å². The van der Waals surface area contributed by atoms with Crippen LogP contribution in [0.3, 0.4) is 0 Å². The van der Waals surface area contributed by atoms with Crippen molar-refractivity contribution in [3.8, 4) is 5.69 Å². The molecule has 2 aromatic carbocycles. The van der Waals surface area contributed by atoms with Gasteiger partial charge in [-0.1, -0.05) is 36.4 Å². The van der Waals surface area contributed by atoms with Crippen LogP contribution in [0.4, 0.5) is 5.69 Å². The Morgan fingerprint density at radius 2 is 1.84 bits per heavy atom. The van der Waals surface area contributed by atoms with Gasteiger partial charge in [0.1, 0.15) is 0 Å². The summed E-state index contributed by atoms with van der Waals surface area (Å²) >= 11 is 0. The molecule has 0 fully saturated rings. The van der Waals surface area contributed by atoms with Crippen LogP contribution in [0.15, 0.2) is 76.6 Å². The number of para-hydroxylation sites is 2. The molecular weight excluding hydrogens is 312 g/mol. The van der Waals surface area contributed by atoms with Gasteiger partial charge in [-0.2, -0.15) is 5.10 Å². The van der Waals surface area contributed by atoms with E-state index in [1.54, 1.807) is 10.9 Å². The van der Waals surface area contributed by atoms with Crippen molar-refractivity contribution in [1.29, 1.82) is 5.41 Å². The summed E-state index contributed by atoms with van der Waals surface area (Å²) in [7, 11) is 0. The fourth-order valence-corrected chi connectivity index (χ4v) is 2.51. The third-order valence-corrected chi connectivity index (χ3v) is 3.76. The monoisotopic (exact) mass is 330 g/mol. The number of nitrogens with one attached hydrogen (secondary N) is 1. The van der Waals surface area contributed by atoms with Crippen molar-refractivity contribution < 1.29 is 0 Å². The summed E-state index contributed by atoms with van der Waals surface area (Å²) in [5, 5.41) is 11.9. The second-order valence-electron chi connectivity index (χ2n) is 5.56. The van der Waals surface area contributed by atoms with Gasteiger partial charge in [-0.3, -0.25) is 9.79 Å². The lowest BCUT2D eigenvalue weighted by atomic mass is 10.1. The summed E-state index contributed by atoms with van der Waals surface area (Å²) in [6, 6.07) is 18.7. The molecule has 3 rings (SSSR count). The molecule has 0 amide bonds. The number of hydrogen-bond acceptors (Lipinski definition) is 4. The number of rotatable bonds is 5. The highest BCUT2D eigenvalue weighted by Gasteiger charge is 2.12. The number of nitrogens with zero attached hydrogens (tertiary/aromatic N) is 3. The van der Waals surface area contributed by atoms with Crippen LogP contribution in [0.1, 0.15) is 17.7 Å². The van der Waals surface area contributed by atoms with E-state index in [0.29, 0.717) is 5.71 Å². The highest BCUT2D eigenvalue weighted by Crippen LogP contribution is 2.14. The summed E-state index contributed by atoms with van der Waals surface area (Å²) in [5.74, 6) is 0. The van der Waals surface area contributed by atoms with Gasteiger partial charge in [0, 0.05) is 24.9 Å². The zero-order valence-electron chi connectivity index (χ0n) is 13.9. The second kappa shape index (κ2) is 7.49. The average Bonchev–Trinajstić information content (AvgIpc) is 2.63. The predicted octanol–water partition coefficient (Wildman–Crippen LogP) is 3.70. The first-order valence-corrected chi connectivity index (χ1v) is 7.97. The fraction of sp³-hybridized carbons (Fsp3) is 0.100. The number of hydrogen-bond donors (Lipinski definition) is 1. The van der Waals surface area contributed by atoms with Crippen molar-refractivity contribution in [3.63, 3.8) is 0 Å². The number of aryl methyl sites for hydroxylation is 1. The molecule has 5 heteroatoms. The van der Waals surface area contributed by atoms with Gasteiger partial charge < -0.3 is 5.41 Å². The van der Waals surface area contributed by atoms with Crippen molar-refractivity contribution in [2.75, 3.05) is 0 Å². The zero-order chi connectivity index (χ0) is 17.6. The van der Waals surface area contributed by atoms with Gasteiger partial charge in [-0.15, -0.1) is 0 Å². The molecule has 0 saturated carbocycles. The van der Waals surface area contributed by atoms with Crippen LogP contribution in [-0.4, -0.2) is 21.7 Å². The van der Waals surface area contributed by atoms with E-state index in [1.165, 1.54) is 12.3 Å². The van der Waals surface area contributed by atoms with E-state index >= 15 is 0 Å². The molecule has 1 aromatic heterocycles. The Kier molecular flexibility index (Phi) is 4.95. The van der Waals surface area contributed by atoms with Crippen LogP contribution >= 0.6 is 0 Å². The SMILES string of the molecule is Cc1ccccc1-n1ccc(=O)c(C(CC=N)=Nc2ccccc2)n1. The van der Waals surface area contributed by atoms with Gasteiger partial charge in [0.2, 0.25) is 5.43 Å². The molecule has 0 aliphatic carbocycles. The first-order valence-electron chi connectivity index (χ1n) is 7.97. The summed E-state index contributed by atoms with van der Waals surface area (Å²) in [4.78, 5) is 16.9. The van der Waals surface area contributed by atoms with E-state index in [-0.39, 0.29) is 17.5 Å². The van der Waals surface area contributed by atoms with Crippen molar-refractivity contribution in [2.45, 2.75) is 13.3 Å². The molecule has 1 heterocycles. The van der Waals surface area contributed by atoms with Crippen LogP contribution in [0, 0.1) is 12.3 Å². The Balaban J connectivity index is 2.12. The summed E-state index contributed by atoms with van der Waals surface area (Å²) in [6.45, 7) is 1.99. The van der Waals surface area contributed by atoms with E-state index in [4.69, 9.17) is 5.41 Å². The Bertz CT molecular complexity index is 974. The van der Waals surface area contributed by atoms with Crippen molar-refractivity contribution in [2.24, 2.45) is 4.99 Å². The molecule has 1 N–H and O–H groups in total. The summed E-state index contributed by atoms with van der Waals surface area (Å²) in [6.07, 6.45) is 3.13. The standard InChI is InChI=1S/C20H18N4O/c1-15-7-5-6-10-18(15)24-14-12-19(25)20(23-24)17(11-13-21)22-16-8-3-2-4-9-16/h2-10,12-14,21H,11H2,1H3. The van der Waals surface area contributed by atoms with E-state index in [0.717, 1.165) is 16.9 Å². The first kappa shape index (κ1) is 16.5. The number of aliphatic imine (C=N–C) groups is 1. The van der Waals surface area contributed by atoms with E-state index in [9.17, 15) is 4.79 Å². The van der Waals surface area contributed by atoms with Crippen LogP contribution in [-0.2, 0) is 0 Å². The normalized spacial score (nSPS) is 11.3. The number of aromatic nitrogens is 2. The van der Waals surface area contributed by atoms with E-state index in [2.05, 4.69) is 10.1 Å². The van der Waals surface area contributed by atoms with Gasteiger partial charge in [0.15, 0.2) is 5.69 Å². The summed E-state index contributed by atoms with van der Waals surface area (Å²) < 4.78 is 1.68. The first-order chi connectivity index (χ1) is 12.2. The Hall–Kier alpha value is -3.34. The van der Waals surface area contributed by atoms with Gasteiger partial charge in [-0.05, 0) is 30.7 Å². The van der Waals surface area contributed by atoms with Gasteiger partial charge in [0.25, 0.3) is 0 Å². The lowest BCUT2D eigenvalue weighted by molar-refractivity contribution is 0.822. The number of benzene rings is 2. The molecular formula is C20H18N4O. The van der Waals surface area contributed by atoms with Crippen LogP contribution in [0.25, 0.3) is 5.69 Å². The molecule has 5 nitrogen and oxygen atoms in total. The minimum absolute atomic E-state index is 0.207. The smallest absolute Gasteiger partial charge is 0.209 e. The maximum Gasteiger partial charge on any atom is 0.209 e. The minimum Gasteiger partial charge on any atom is -0.313 e. The fourth-order valence-electron chi connectivity index (χ4n) is 2.51. The molecule has 0 spiro atoms. The Morgan fingerprint density at radius 3 is 2.56 bits per heavy atom. The topological polar surface area (TPSA) is 71.1 Å². The molecule has 124 valence electrons. The second-order valence-corrected chi connectivity index (χ2v) is 5.56. The summed E-state index contributed by atoms with van der Waals surface area (Å²) in [5.41, 5.74) is 3.22. The Labute approximate surface area is 145 Å². The van der Waals surface area contributed by atoms with Crippen molar-refractivity contribution >= 4 is 17.6 Å². The molecule has 3 aromatic rings. The van der Waals surface area contributed by atoms with Crippen LogP contribution < -0.4 is 5.43 Å². The molecule has 0 radical (unpaired) electrons. The maximum atomic E-state index is 12.4. The van der Waals surface area contributed by atoms with Gasteiger partial charge >= 0.3 is 0 Å². The molecule has 0 saturated heterocycles. The lowest BCUT2D eigenvalue weighted by Crippen LogP contribution is -2.21.